The molecule has 0 amide bonds. The van der Waals surface area contributed by atoms with Gasteiger partial charge in [0.25, 0.3) is 0 Å². The second-order valence-corrected chi connectivity index (χ2v) is 6.08. The summed E-state index contributed by atoms with van der Waals surface area (Å²) in [6.45, 7) is 8.34. The number of benzene rings is 1. The second kappa shape index (κ2) is 6.02. The van der Waals surface area contributed by atoms with Gasteiger partial charge in [-0.05, 0) is 49.8 Å². The fourth-order valence-corrected chi connectivity index (χ4v) is 2.99. The van der Waals surface area contributed by atoms with Crippen LogP contribution < -0.4 is 5.32 Å². The summed E-state index contributed by atoms with van der Waals surface area (Å²) in [5.41, 5.74) is 6.64. The Kier molecular flexibility index (Phi) is 4.11. The minimum atomic E-state index is 0.749. The molecule has 0 spiro atoms. The summed E-state index contributed by atoms with van der Waals surface area (Å²) in [4.78, 5) is 0. The van der Waals surface area contributed by atoms with Crippen molar-refractivity contribution in [3.05, 3.63) is 52.3 Å². The van der Waals surface area contributed by atoms with Gasteiger partial charge in [-0.1, -0.05) is 31.2 Å². The van der Waals surface area contributed by atoms with Gasteiger partial charge in [0.2, 0.25) is 0 Å². The lowest BCUT2D eigenvalue weighted by Gasteiger charge is -2.12. The molecule has 1 heterocycles. The van der Waals surface area contributed by atoms with Crippen LogP contribution in [-0.2, 0) is 19.5 Å². The van der Waals surface area contributed by atoms with E-state index in [1.807, 2.05) is 0 Å². The fourth-order valence-electron chi connectivity index (χ4n) is 2.99. The smallest absolute Gasteiger partial charge is 0.0665 e. The molecule has 3 heteroatoms. The quantitative estimate of drug-likeness (QED) is 0.881. The van der Waals surface area contributed by atoms with Crippen LogP contribution in [0.2, 0.25) is 0 Å². The minimum Gasteiger partial charge on any atom is -0.310 e. The number of aryl methyl sites for hydroxylation is 1. The number of hydrogen-bond donors (Lipinski definition) is 1. The molecule has 1 aliphatic carbocycles. The van der Waals surface area contributed by atoms with Crippen molar-refractivity contribution in [2.24, 2.45) is 0 Å². The van der Waals surface area contributed by atoms with Crippen molar-refractivity contribution in [3.8, 4) is 0 Å². The van der Waals surface area contributed by atoms with Crippen molar-refractivity contribution in [1.29, 1.82) is 0 Å². The van der Waals surface area contributed by atoms with Gasteiger partial charge in [-0.2, -0.15) is 5.10 Å². The molecule has 3 nitrogen and oxygen atoms in total. The van der Waals surface area contributed by atoms with Crippen molar-refractivity contribution in [2.75, 3.05) is 0 Å². The van der Waals surface area contributed by atoms with Crippen molar-refractivity contribution < 1.29 is 0 Å². The maximum atomic E-state index is 4.72. The Morgan fingerprint density at radius 2 is 1.90 bits per heavy atom. The zero-order valence-electron chi connectivity index (χ0n) is 13.3. The molecule has 0 aliphatic heterocycles. The average molecular weight is 283 g/mol. The lowest BCUT2D eigenvalue weighted by atomic mass is 10.1. The molecule has 2 aromatic rings. The first kappa shape index (κ1) is 14.3. The number of rotatable bonds is 6. The standard InChI is InChI=1S/C18H25N3/c1-4-18-13(2)20-21(14(18)3)12-16-8-6-5-7-15(16)11-19-17-9-10-17/h5-8,17,19H,4,9-12H2,1-3H3. The van der Waals surface area contributed by atoms with Gasteiger partial charge in [0, 0.05) is 18.3 Å². The lowest BCUT2D eigenvalue weighted by Crippen LogP contribution is -2.17. The van der Waals surface area contributed by atoms with Crippen molar-refractivity contribution >= 4 is 0 Å². The maximum absolute atomic E-state index is 4.72. The van der Waals surface area contributed by atoms with Gasteiger partial charge in [-0.15, -0.1) is 0 Å². The van der Waals surface area contributed by atoms with E-state index in [1.165, 1.54) is 40.9 Å². The second-order valence-electron chi connectivity index (χ2n) is 6.08. The van der Waals surface area contributed by atoms with Crippen LogP contribution in [0.5, 0.6) is 0 Å². The van der Waals surface area contributed by atoms with Crippen LogP contribution in [0.3, 0.4) is 0 Å². The Morgan fingerprint density at radius 3 is 2.52 bits per heavy atom. The molecule has 1 fully saturated rings. The SMILES string of the molecule is CCc1c(C)nn(Cc2ccccc2CNC2CC2)c1C. The highest BCUT2D eigenvalue weighted by atomic mass is 15.3. The van der Waals surface area contributed by atoms with Crippen molar-refractivity contribution in [3.63, 3.8) is 0 Å². The first-order chi connectivity index (χ1) is 10.2. The van der Waals surface area contributed by atoms with Crippen LogP contribution in [0, 0.1) is 13.8 Å². The first-order valence-electron chi connectivity index (χ1n) is 8.02. The largest absolute Gasteiger partial charge is 0.310 e. The molecule has 0 radical (unpaired) electrons. The van der Waals surface area contributed by atoms with Crippen LogP contribution in [0.15, 0.2) is 24.3 Å². The first-order valence-corrected chi connectivity index (χ1v) is 8.02. The van der Waals surface area contributed by atoms with E-state index in [0.717, 1.165) is 25.6 Å². The fraction of sp³-hybridized carbons (Fsp3) is 0.500. The predicted molar refractivity (Wildman–Crippen MR) is 86.5 cm³/mol. The molecule has 1 N–H and O–H groups in total. The lowest BCUT2D eigenvalue weighted by molar-refractivity contribution is 0.638. The van der Waals surface area contributed by atoms with E-state index in [1.54, 1.807) is 0 Å². The van der Waals surface area contributed by atoms with E-state index in [9.17, 15) is 0 Å². The third-order valence-corrected chi connectivity index (χ3v) is 4.48. The van der Waals surface area contributed by atoms with E-state index < -0.39 is 0 Å². The topological polar surface area (TPSA) is 29.9 Å². The maximum Gasteiger partial charge on any atom is 0.0665 e. The zero-order valence-corrected chi connectivity index (χ0v) is 13.3. The van der Waals surface area contributed by atoms with E-state index in [2.05, 4.69) is 55.0 Å². The number of aromatic nitrogens is 2. The minimum absolute atomic E-state index is 0.749. The number of nitrogens with one attached hydrogen (secondary N) is 1. The molecule has 1 saturated carbocycles. The Balaban J connectivity index is 1.80. The summed E-state index contributed by atoms with van der Waals surface area (Å²) in [5, 5.41) is 8.33. The predicted octanol–water partition coefficient (Wildman–Crippen LogP) is 3.36. The van der Waals surface area contributed by atoms with Crippen LogP contribution >= 0.6 is 0 Å². The zero-order chi connectivity index (χ0) is 14.8. The van der Waals surface area contributed by atoms with Crippen LogP contribution in [0.1, 0.15) is 47.8 Å². The third-order valence-electron chi connectivity index (χ3n) is 4.48. The molecule has 0 bridgehead atoms. The van der Waals surface area contributed by atoms with Crippen LogP contribution in [0.25, 0.3) is 0 Å². The van der Waals surface area contributed by atoms with Gasteiger partial charge in [0.15, 0.2) is 0 Å². The number of hydrogen-bond acceptors (Lipinski definition) is 2. The van der Waals surface area contributed by atoms with Gasteiger partial charge in [-0.3, -0.25) is 4.68 Å². The highest BCUT2D eigenvalue weighted by Gasteiger charge is 2.20. The van der Waals surface area contributed by atoms with E-state index in [-0.39, 0.29) is 0 Å². The van der Waals surface area contributed by atoms with Gasteiger partial charge >= 0.3 is 0 Å². The summed E-state index contributed by atoms with van der Waals surface area (Å²) < 4.78 is 2.16. The Bertz CT molecular complexity index is 623. The Hall–Kier alpha value is -1.61. The summed E-state index contributed by atoms with van der Waals surface area (Å²) >= 11 is 0. The van der Waals surface area contributed by atoms with E-state index in [0.29, 0.717) is 0 Å². The molecule has 0 unspecified atom stereocenters. The number of nitrogens with zero attached hydrogens (tertiary/aromatic N) is 2. The molecule has 3 rings (SSSR count). The summed E-state index contributed by atoms with van der Waals surface area (Å²) in [6.07, 6.45) is 3.72. The van der Waals surface area contributed by atoms with Gasteiger partial charge in [0.05, 0.1) is 12.2 Å². The molecule has 1 aliphatic rings. The average Bonchev–Trinajstić information content (AvgIpc) is 3.26. The van der Waals surface area contributed by atoms with Gasteiger partial charge in [-0.25, -0.2) is 0 Å². The van der Waals surface area contributed by atoms with Crippen LogP contribution in [0.4, 0.5) is 0 Å². The molecule has 1 aromatic carbocycles. The molecule has 112 valence electrons. The normalized spacial score (nSPS) is 14.6. The summed E-state index contributed by atoms with van der Waals surface area (Å²) in [6, 6.07) is 9.47. The molecule has 0 atom stereocenters. The van der Waals surface area contributed by atoms with Gasteiger partial charge < -0.3 is 5.32 Å². The highest BCUT2D eigenvalue weighted by Crippen LogP contribution is 2.21. The van der Waals surface area contributed by atoms with E-state index >= 15 is 0 Å². The molecule has 21 heavy (non-hydrogen) atoms. The Labute approximate surface area is 127 Å². The summed E-state index contributed by atoms with van der Waals surface area (Å²) in [5.74, 6) is 0. The monoisotopic (exact) mass is 283 g/mol. The molecule has 1 aromatic heterocycles. The third kappa shape index (κ3) is 3.18. The Morgan fingerprint density at radius 1 is 1.19 bits per heavy atom. The molecular weight excluding hydrogens is 258 g/mol. The van der Waals surface area contributed by atoms with Crippen molar-refractivity contribution in [2.45, 2.75) is 59.2 Å². The summed E-state index contributed by atoms with van der Waals surface area (Å²) in [7, 11) is 0. The van der Waals surface area contributed by atoms with Crippen molar-refractivity contribution in [1.82, 2.24) is 15.1 Å². The molecule has 0 saturated heterocycles. The van der Waals surface area contributed by atoms with Gasteiger partial charge in [0.1, 0.15) is 0 Å². The highest BCUT2D eigenvalue weighted by molar-refractivity contribution is 5.30. The van der Waals surface area contributed by atoms with E-state index in [4.69, 9.17) is 5.10 Å². The molecular formula is C18H25N3. The van der Waals surface area contributed by atoms with Crippen LogP contribution in [-0.4, -0.2) is 15.8 Å².